The zero-order chi connectivity index (χ0) is 18.2. The highest BCUT2D eigenvalue weighted by Crippen LogP contribution is 2.23. The average molecular weight is 348 g/mol. The van der Waals surface area contributed by atoms with E-state index in [0.29, 0.717) is 19.1 Å². The van der Waals surface area contributed by atoms with Crippen LogP contribution >= 0.6 is 0 Å². The molecule has 0 spiro atoms. The summed E-state index contributed by atoms with van der Waals surface area (Å²) in [6.07, 6.45) is 0. The van der Waals surface area contributed by atoms with E-state index in [1.54, 1.807) is 7.11 Å². The Morgan fingerprint density at radius 1 is 0.962 bits per heavy atom. The first kappa shape index (κ1) is 17.9. The second kappa shape index (κ2) is 8.97. The summed E-state index contributed by atoms with van der Waals surface area (Å²) in [4.78, 5) is 11.5. The minimum atomic E-state index is 0.605. The van der Waals surface area contributed by atoms with Crippen LogP contribution in [0, 0.1) is 0 Å². The van der Waals surface area contributed by atoms with Gasteiger partial charge in [-0.15, -0.1) is 0 Å². The summed E-state index contributed by atoms with van der Waals surface area (Å²) < 4.78 is 5.11. The Kier molecular flexibility index (Phi) is 6.17. The Labute approximate surface area is 154 Å². The van der Waals surface area contributed by atoms with Crippen LogP contribution in [0.25, 0.3) is 11.3 Å². The van der Waals surface area contributed by atoms with Crippen LogP contribution in [-0.4, -0.2) is 37.3 Å². The third-order valence-corrected chi connectivity index (χ3v) is 4.03. The van der Waals surface area contributed by atoms with E-state index < -0.39 is 0 Å². The molecule has 1 N–H and O–H groups in total. The van der Waals surface area contributed by atoms with Crippen LogP contribution in [0.1, 0.15) is 5.56 Å². The summed E-state index contributed by atoms with van der Waals surface area (Å²) in [5.41, 5.74) is 3.21. The summed E-state index contributed by atoms with van der Waals surface area (Å²) in [5, 5.41) is 3.24. The van der Waals surface area contributed by atoms with E-state index in [1.807, 2.05) is 37.4 Å². The maximum Gasteiger partial charge on any atom is 0.225 e. The van der Waals surface area contributed by atoms with Gasteiger partial charge in [-0.25, -0.2) is 4.98 Å². The van der Waals surface area contributed by atoms with Gasteiger partial charge in [0.25, 0.3) is 0 Å². The molecule has 0 aliphatic carbocycles. The van der Waals surface area contributed by atoms with Gasteiger partial charge < -0.3 is 15.0 Å². The number of anilines is 2. The zero-order valence-electron chi connectivity index (χ0n) is 15.2. The molecular weight excluding hydrogens is 324 g/mol. The summed E-state index contributed by atoms with van der Waals surface area (Å²) in [7, 11) is 3.73. The normalized spacial score (nSPS) is 10.5. The first-order valence-electron chi connectivity index (χ1n) is 8.68. The van der Waals surface area contributed by atoms with Crippen LogP contribution in [0.3, 0.4) is 0 Å². The van der Waals surface area contributed by atoms with Crippen molar-refractivity contribution in [3.8, 4) is 11.3 Å². The van der Waals surface area contributed by atoms with Crippen LogP contribution in [-0.2, 0) is 11.3 Å². The second-order valence-electron chi connectivity index (χ2n) is 6.06. The Balaban J connectivity index is 1.88. The number of nitrogens with zero attached hydrogens (tertiary/aromatic N) is 3. The molecule has 5 heteroatoms. The molecule has 0 saturated carbocycles. The lowest BCUT2D eigenvalue weighted by Gasteiger charge is -2.20. The van der Waals surface area contributed by atoms with E-state index in [9.17, 15) is 0 Å². The fourth-order valence-corrected chi connectivity index (χ4v) is 2.67. The van der Waals surface area contributed by atoms with E-state index in [0.717, 1.165) is 23.6 Å². The summed E-state index contributed by atoms with van der Waals surface area (Å²) in [5.74, 6) is 1.49. The molecule has 5 nitrogen and oxygen atoms in total. The fraction of sp³-hybridized carbons (Fsp3) is 0.238. The minimum Gasteiger partial charge on any atom is -0.383 e. The van der Waals surface area contributed by atoms with Gasteiger partial charge in [0.2, 0.25) is 5.95 Å². The SMILES string of the molecule is COCCNc1nc(-c2ccccc2)cc(N(C)Cc2ccccc2)n1. The quantitative estimate of drug-likeness (QED) is 0.627. The van der Waals surface area contributed by atoms with Crippen molar-refractivity contribution in [2.75, 3.05) is 37.5 Å². The minimum absolute atomic E-state index is 0.605. The molecule has 134 valence electrons. The standard InChI is InChI=1S/C21H24N4O/c1-25(16-17-9-5-3-6-10-17)20-15-19(18-11-7-4-8-12-18)23-21(24-20)22-13-14-26-2/h3-12,15H,13-14,16H2,1-2H3,(H,22,23,24). The highest BCUT2D eigenvalue weighted by molar-refractivity contribution is 5.64. The van der Waals surface area contributed by atoms with Crippen molar-refractivity contribution in [1.82, 2.24) is 9.97 Å². The van der Waals surface area contributed by atoms with Crippen LogP contribution in [0.4, 0.5) is 11.8 Å². The van der Waals surface area contributed by atoms with Gasteiger partial charge in [0.15, 0.2) is 0 Å². The maximum absolute atomic E-state index is 5.11. The molecule has 0 amide bonds. The molecule has 1 heterocycles. The van der Waals surface area contributed by atoms with Crippen molar-refractivity contribution < 1.29 is 4.74 Å². The highest BCUT2D eigenvalue weighted by Gasteiger charge is 2.10. The van der Waals surface area contributed by atoms with Gasteiger partial charge in [-0.1, -0.05) is 60.7 Å². The number of methoxy groups -OCH3 is 1. The molecule has 0 aliphatic rings. The van der Waals surface area contributed by atoms with Gasteiger partial charge in [0, 0.05) is 38.9 Å². The highest BCUT2D eigenvalue weighted by atomic mass is 16.5. The maximum atomic E-state index is 5.11. The number of hydrogen-bond acceptors (Lipinski definition) is 5. The van der Waals surface area contributed by atoms with Crippen LogP contribution in [0.2, 0.25) is 0 Å². The smallest absolute Gasteiger partial charge is 0.225 e. The molecule has 3 aromatic rings. The summed E-state index contributed by atoms with van der Waals surface area (Å²) >= 11 is 0. The number of hydrogen-bond donors (Lipinski definition) is 1. The summed E-state index contributed by atoms with van der Waals surface area (Å²) in [6, 6.07) is 22.5. The van der Waals surface area contributed by atoms with Gasteiger partial charge >= 0.3 is 0 Å². The first-order chi connectivity index (χ1) is 12.8. The predicted octanol–water partition coefficient (Wildman–Crippen LogP) is 3.84. The third-order valence-electron chi connectivity index (χ3n) is 4.03. The second-order valence-corrected chi connectivity index (χ2v) is 6.06. The molecule has 0 bridgehead atoms. The lowest BCUT2D eigenvalue weighted by molar-refractivity contribution is 0.210. The van der Waals surface area contributed by atoms with Crippen molar-refractivity contribution >= 4 is 11.8 Å². The molecule has 26 heavy (non-hydrogen) atoms. The van der Waals surface area contributed by atoms with Gasteiger partial charge in [-0.2, -0.15) is 4.98 Å². The van der Waals surface area contributed by atoms with Gasteiger partial charge in [0.1, 0.15) is 5.82 Å². The predicted molar refractivity (Wildman–Crippen MR) is 106 cm³/mol. The van der Waals surface area contributed by atoms with Crippen molar-refractivity contribution in [3.05, 3.63) is 72.3 Å². The molecule has 0 fully saturated rings. The molecule has 0 saturated heterocycles. The van der Waals surface area contributed by atoms with Gasteiger partial charge in [-0.3, -0.25) is 0 Å². The van der Waals surface area contributed by atoms with Crippen molar-refractivity contribution in [3.63, 3.8) is 0 Å². The Morgan fingerprint density at radius 2 is 1.65 bits per heavy atom. The number of aromatic nitrogens is 2. The van der Waals surface area contributed by atoms with E-state index >= 15 is 0 Å². The van der Waals surface area contributed by atoms with Gasteiger partial charge in [0.05, 0.1) is 12.3 Å². The van der Waals surface area contributed by atoms with Crippen LogP contribution in [0.5, 0.6) is 0 Å². The van der Waals surface area contributed by atoms with Crippen molar-refractivity contribution in [2.24, 2.45) is 0 Å². The number of benzene rings is 2. The third kappa shape index (κ3) is 4.80. The molecule has 2 aromatic carbocycles. The molecule has 0 atom stereocenters. The fourth-order valence-electron chi connectivity index (χ4n) is 2.67. The molecular formula is C21H24N4O. The van der Waals surface area contributed by atoms with Gasteiger partial charge in [-0.05, 0) is 5.56 Å². The van der Waals surface area contributed by atoms with Crippen molar-refractivity contribution in [1.29, 1.82) is 0 Å². The van der Waals surface area contributed by atoms with E-state index in [1.165, 1.54) is 5.56 Å². The monoisotopic (exact) mass is 348 g/mol. The van der Waals surface area contributed by atoms with Crippen LogP contribution < -0.4 is 10.2 Å². The summed E-state index contributed by atoms with van der Waals surface area (Å²) in [6.45, 7) is 2.05. The largest absolute Gasteiger partial charge is 0.383 e. The first-order valence-corrected chi connectivity index (χ1v) is 8.68. The molecule has 0 unspecified atom stereocenters. The Hall–Kier alpha value is -2.92. The van der Waals surface area contributed by atoms with E-state index in [4.69, 9.17) is 4.74 Å². The molecule has 3 rings (SSSR count). The lowest BCUT2D eigenvalue weighted by Crippen LogP contribution is -2.19. The lowest BCUT2D eigenvalue weighted by atomic mass is 10.1. The number of ether oxygens (including phenoxy) is 1. The number of nitrogens with one attached hydrogen (secondary N) is 1. The molecule has 0 aliphatic heterocycles. The van der Waals surface area contributed by atoms with Crippen LogP contribution in [0.15, 0.2) is 66.7 Å². The van der Waals surface area contributed by atoms with E-state index in [2.05, 4.69) is 56.6 Å². The zero-order valence-corrected chi connectivity index (χ0v) is 15.2. The van der Waals surface area contributed by atoms with Crippen molar-refractivity contribution in [2.45, 2.75) is 6.54 Å². The Bertz CT molecular complexity index is 809. The Morgan fingerprint density at radius 3 is 2.35 bits per heavy atom. The number of rotatable bonds is 8. The average Bonchev–Trinajstić information content (AvgIpc) is 2.69. The topological polar surface area (TPSA) is 50.3 Å². The molecule has 1 aromatic heterocycles. The van der Waals surface area contributed by atoms with E-state index in [-0.39, 0.29) is 0 Å². The molecule has 0 radical (unpaired) electrons.